The lowest BCUT2D eigenvalue weighted by atomic mass is 10.1. The molecular formula is C11H11FN2O. The Morgan fingerprint density at radius 1 is 1.47 bits per heavy atom. The molecule has 0 spiro atoms. The molecule has 0 bridgehead atoms. The van der Waals surface area contributed by atoms with Crippen molar-refractivity contribution in [3.05, 3.63) is 35.6 Å². The van der Waals surface area contributed by atoms with Gasteiger partial charge in [0.1, 0.15) is 11.5 Å². The van der Waals surface area contributed by atoms with Gasteiger partial charge in [-0.05, 0) is 18.6 Å². The Balaban J connectivity index is 2.54. The number of nitrogen functional groups attached to an aromatic ring is 1. The fourth-order valence-corrected chi connectivity index (χ4v) is 1.53. The van der Waals surface area contributed by atoms with Crippen molar-refractivity contribution in [1.29, 1.82) is 0 Å². The van der Waals surface area contributed by atoms with Gasteiger partial charge in [0.15, 0.2) is 0 Å². The Morgan fingerprint density at radius 2 is 2.27 bits per heavy atom. The van der Waals surface area contributed by atoms with Gasteiger partial charge < -0.3 is 10.3 Å². The van der Waals surface area contributed by atoms with Crippen molar-refractivity contribution in [2.45, 2.75) is 13.3 Å². The van der Waals surface area contributed by atoms with Crippen molar-refractivity contribution in [1.82, 2.24) is 5.16 Å². The van der Waals surface area contributed by atoms with E-state index in [1.165, 1.54) is 12.1 Å². The molecule has 0 radical (unpaired) electrons. The second kappa shape index (κ2) is 3.73. The maximum Gasteiger partial charge on any atom is 0.225 e. The number of halogens is 1. The zero-order chi connectivity index (χ0) is 10.8. The topological polar surface area (TPSA) is 52.0 Å². The van der Waals surface area contributed by atoms with Crippen LogP contribution in [0, 0.1) is 5.82 Å². The molecule has 3 nitrogen and oxygen atoms in total. The number of anilines is 1. The van der Waals surface area contributed by atoms with Crippen LogP contribution in [-0.4, -0.2) is 5.16 Å². The molecule has 0 aliphatic carbocycles. The molecule has 2 aromatic rings. The van der Waals surface area contributed by atoms with Crippen molar-refractivity contribution >= 4 is 5.88 Å². The van der Waals surface area contributed by atoms with Crippen molar-refractivity contribution in [3.63, 3.8) is 0 Å². The van der Waals surface area contributed by atoms with E-state index in [0.717, 1.165) is 5.56 Å². The molecule has 0 saturated carbocycles. The molecular weight excluding hydrogens is 195 g/mol. The molecule has 2 rings (SSSR count). The number of hydrogen-bond donors (Lipinski definition) is 1. The first-order chi connectivity index (χ1) is 7.22. The molecule has 0 aliphatic rings. The number of rotatable bonds is 2. The van der Waals surface area contributed by atoms with Gasteiger partial charge in [-0.2, -0.15) is 0 Å². The summed E-state index contributed by atoms with van der Waals surface area (Å²) < 4.78 is 17.9. The van der Waals surface area contributed by atoms with Gasteiger partial charge in [-0.15, -0.1) is 0 Å². The first-order valence-corrected chi connectivity index (χ1v) is 4.72. The van der Waals surface area contributed by atoms with Crippen LogP contribution < -0.4 is 5.73 Å². The zero-order valence-electron chi connectivity index (χ0n) is 8.33. The van der Waals surface area contributed by atoms with Crippen LogP contribution in [0.3, 0.4) is 0 Å². The maximum atomic E-state index is 13.0. The smallest absolute Gasteiger partial charge is 0.225 e. The van der Waals surface area contributed by atoms with Gasteiger partial charge in [-0.3, -0.25) is 0 Å². The monoisotopic (exact) mass is 206 g/mol. The van der Waals surface area contributed by atoms with Crippen LogP contribution in [0.25, 0.3) is 11.3 Å². The SMILES string of the molecule is CCc1c(-c2cccc(F)c2)noc1N. The van der Waals surface area contributed by atoms with E-state index in [4.69, 9.17) is 10.3 Å². The quantitative estimate of drug-likeness (QED) is 0.821. The van der Waals surface area contributed by atoms with Gasteiger partial charge >= 0.3 is 0 Å². The molecule has 15 heavy (non-hydrogen) atoms. The average Bonchev–Trinajstić information content (AvgIpc) is 2.59. The van der Waals surface area contributed by atoms with Gasteiger partial charge in [0.25, 0.3) is 0 Å². The Hall–Kier alpha value is -1.84. The number of hydrogen-bond acceptors (Lipinski definition) is 3. The third kappa shape index (κ3) is 1.70. The number of nitrogens with zero attached hydrogens (tertiary/aromatic N) is 1. The summed E-state index contributed by atoms with van der Waals surface area (Å²) in [5.41, 5.74) is 7.73. The Bertz CT molecular complexity index is 479. The second-order valence-corrected chi connectivity index (χ2v) is 3.24. The highest BCUT2D eigenvalue weighted by Gasteiger charge is 2.13. The van der Waals surface area contributed by atoms with E-state index in [1.807, 2.05) is 6.92 Å². The lowest BCUT2D eigenvalue weighted by Crippen LogP contribution is -1.90. The molecule has 0 saturated heterocycles. The summed E-state index contributed by atoms with van der Waals surface area (Å²) >= 11 is 0. The molecule has 1 aromatic heterocycles. The highest BCUT2D eigenvalue weighted by atomic mass is 19.1. The van der Waals surface area contributed by atoms with E-state index in [1.54, 1.807) is 12.1 Å². The van der Waals surface area contributed by atoms with Gasteiger partial charge in [0, 0.05) is 11.1 Å². The third-order valence-corrected chi connectivity index (χ3v) is 2.27. The predicted octanol–water partition coefficient (Wildman–Crippen LogP) is 2.63. The first kappa shape index (κ1) is 9.71. The summed E-state index contributed by atoms with van der Waals surface area (Å²) in [4.78, 5) is 0. The molecule has 1 heterocycles. The van der Waals surface area contributed by atoms with Crippen LogP contribution in [0.2, 0.25) is 0 Å². The van der Waals surface area contributed by atoms with E-state index in [0.29, 0.717) is 23.6 Å². The molecule has 0 fully saturated rings. The standard InChI is InChI=1S/C11H11FN2O/c1-2-9-10(14-15-11(9)13)7-4-3-5-8(12)6-7/h3-6H,2,13H2,1H3. The molecule has 78 valence electrons. The van der Waals surface area contributed by atoms with E-state index in [-0.39, 0.29) is 5.82 Å². The minimum atomic E-state index is -0.295. The second-order valence-electron chi connectivity index (χ2n) is 3.24. The van der Waals surface area contributed by atoms with Crippen LogP contribution in [0.15, 0.2) is 28.8 Å². The van der Waals surface area contributed by atoms with Gasteiger partial charge in [0.05, 0.1) is 0 Å². The van der Waals surface area contributed by atoms with E-state index in [2.05, 4.69) is 5.16 Å². The lowest BCUT2D eigenvalue weighted by Gasteiger charge is -1.98. The normalized spacial score (nSPS) is 10.5. The fraction of sp³-hybridized carbons (Fsp3) is 0.182. The summed E-state index contributed by atoms with van der Waals surface area (Å²) in [5.74, 6) is 0.00730. The van der Waals surface area contributed by atoms with E-state index < -0.39 is 0 Å². The minimum absolute atomic E-state index is 0.295. The van der Waals surface area contributed by atoms with Crippen LogP contribution >= 0.6 is 0 Å². The number of benzene rings is 1. The lowest BCUT2D eigenvalue weighted by molar-refractivity contribution is 0.438. The summed E-state index contributed by atoms with van der Waals surface area (Å²) in [7, 11) is 0. The predicted molar refractivity (Wildman–Crippen MR) is 55.7 cm³/mol. The summed E-state index contributed by atoms with van der Waals surface area (Å²) in [6, 6.07) is 6.21. The third-order valence-electron chi connectivity index (χ3n) is 2.27. The molecule has 0 atom stereocenters. The summed E-state index contributed by atoms with van der Waals surface area (Å²) in [6.07, 6.45) is 0.710. The van der Waals surface area contributed by atoms with Crippen LogP contribution in [0.5, 0.6) is 0 Å². The van der Waals surface area contributed by atoms with Gasteiger partial charge in [-0.1, -0.05) is 24.2 Å². The van der Waals surface area contributed by atoms with Crippen molar-refractivity contribution in [2.24, 2.45) is 0 Å². The Kier molecular flexibility index (Phi) is 2.41. The van der Waals surface area contributed by atoms with Crippen LogP contribution in [-0.2, 0) is 6.42 Å². The van der Waals surface area contributed by atoms with E-state index in [9.17, 15) is 4.39 Å². The number of nitrogens with two attached hydrogens (primary N) is 1. The highest BCUT2D eigenvalue weighted by Crippen LogP contribution is 2.27. The highest BCUT2D eigenvalue weighted by molar-refractivity contribution is 5.66. The average molecular weight is 206 g/mol. The van der Waals surface area contributed by atoms with Crippen LogP contribution in [0.4, 0.5) is 10.3 Å². The Morgan fingerprint density at radius 3 is 2.93 bits per heavy atom. The molecule has 0 aliphatic heterocycles. The molecule has 0 unspecified atom stereocenters. The van der Waals surface area contributed by atoms with Gasteiger partial charge in [-0.25, -0.2) is 4.39 Å². The Labute approximate surface area is 86.7 Å². The molecule has 2 N–H and O–H groups in total. The molecule has 4 heteroatoms. The van der Waals surface area contributed by atoms with Crippen LogP contribution in [0.1, 0.15) is 12.5 Å². The fourth-order valence-electron chi connectivity index (χ4n) is 1.53. The molecule has 0 amide bonds. The van der Waals surface area contributed by atoms with Crippen molar-refractivity contribution in [3.8, 4) is 11.3 Å². The van der Waals surface area contributed by atoms with Crippen molar-refractivity contribution in [2.75, 3.05) is 5.73 Å². The zero-order valence-corrected chi connectivity index (χ0v) is 8.33. The minimum Gasteiger partial charge on any atom is -0.367 e. The number of aromatic nitrogens is 1. The largest absolute Gasteiger partial charge is 0.367 e. The maximum absolute atomic E-state index is 13.0. The first-order valence-electron chi connectivity index (χ1n) is 4.72. The molecule has 1 aromatic carbocycles. The summed E-state index contributed by atoms with van der Waals surface area (Å²) in [6.45, 7) is 1.95. The van der Waals surface area contributed by atoms with E-state index >= 15 is 0 Å². The van der Waals surface area contributed by atoms with Crippen molar-refractivity contribution < 1.29 is 8.91 Å². The van der Waals surface area contributed by atoms with Gasteiger partial charge in [0.2, 0.25) is 5.88 Å². The summed E-state index contributed by atoms with van der Waals surface area (Å²) in [5, 5.41) is 3.83.